The van der Waals surface area contributed by atoms with Gasteiger partial charge in [0.05, 0.1) is 0 Å². The van der Waals surface area contributed by atoms with E-state index in [9.17, 15) is 10.2 Å². The van der Waals surface area contributed by atoms with Crippen LogP contribution >= 0.6 is 0 Å². The molecule has 2 rings (SSSR count). The lowest BCUT2D eigenvalue weighted by molar-refractivity contribution is 0.404. The predicted molar refractivity (Wildman–Crippen MR) is 73.8 cm³/mol. The van der Waals surface area contributed by atoms with E-state index in [4.69, 9.17) is 0 Å². The Morgan fingerprint density at radius 2 is 1.72 bits per heavy atom. The van der Waals surface area contributed by atoms with Gasteiger partial charge >= 0.3 is 0 Å². The molecule has 0 heterocycles. The zero-order valence-corrected chi connectivity index (χ0v) is 10.6. The van der Waals surface area contributed by atoms with Crippen molar-refractivity contribution in [1.29, 1.82) is 0 Å². The smallest absolute Gasteiger partial charge is 0.158 e. The van der Waals surface area contributed by atoms with Crippen LogP contribution in [0.1, 0.15) is 25.3 Å². The van der Waals surface area contributed by atoms with E-state index < -0.39 is 0 Å². The van der Waals surface area contributed by atoms with Gasteiger partial charge in [0.15, 0.2) is 11.5 Å². The van der Waals surface area contributed by atoms with Crippen LogP contribution in [0.2, 0.25) is 0 Å². The molecule has 2 aromatic carbocycles. The minimum absolute atomic E-state index is 0.0715. The van der Waals surface area contributed by atoms with Gasteiger partial charge < -0.3 is 10.2 Å². The normalized spacial score (nSPS) is 10.5. The third-order valence-electron chi connectivity index (χ3n) is 3.10. The van der Waals surface area contributed by atoms with Crippen molar-refractivity contribution in [2.45, 2.75) is 26.2 Å². The average Bonchev–Trinajstić information content (AvgIpc) is 2.40. The van der Waals surface area contributed by atoms with Gasteiger partial charge in [0.2, 0.25) is 0 Å². The fourth-order valence-electron chi connectivity index (χ4n) is 2.08. The Morgan fingerprint density at radius 1 is 0.944 bits per heavy atom. The van der Waals surface area contributed by atoms with Crippen LogP contribution in [0.5, 0.6) is 11.5 Å². The van der Waals surface area contributed by atoms with Crippen LogP contribution < -0.4 is 0 Å². The Labute approximate surface area is 108 Å². The predicted octanol–water partition coefficient (Wildman–Crippen LogP) is 4.11. The van der Waals surface area contributed by atoms with E-state index in [-0.39, 0.29) is 11.5 Å². The first-order valence-corrected chi connectivity index (χ1v) is 6.32. The first kappa shape index (κ1) is 12.5. The molecule has 0 atom stereocenters. The Kier molecular flexibility index (Phi) is 3.88. The fourth-order valence-corrected chi connectivity index (χ4v) is 2.08. The lowest BCUT2D eigenvalue weighted by Gasteiger charge is -2.10. The number of aromatic hydroxyl groups is 2. The van der Waals surface area contributed by atoms with Crippen LogP contribution in [0.15, 0.2) is 42.5 Å². The molecule has 2 nitrogen and oxygen atoms in total. The van der Waals surface area contributed by atoms with E-state index in [1.807, 2.05) is 18.2 Å². The fraction of sp³-hybridized carbons (Fsp3) is 0.250. The van der Waals surface area contributed by atoms with Crippen LogP contribution in [-0.2, 0) is 6.42 Å². The van der Waals surface area contributed by atoms with E-state index in [1.54, 1.807) is 6.07 Å². The van der Waals surface area contributed by atoms with Gasteiger partial charge in [-0.2, -0.15) is 0 Å². The van der Waals surface area contributed by atoms with Crippen molar-refractivity contribution in [3.8, 4) is 22.6 Å². The van der Waals surface area contributed by atoms with Crippen LogP contribution in [0.25, 0.3) is 11.1 Å². The highest BCUT2D eigenvalue weighted by Gasteiger charge is 2.07. The second-order valence-corrected chi connectivity index (χ2v) is 4.46. The highest BCUT2D eigenvalue weighted by atomic mass is 16.3. The summed E-state index contributed by atoms with van der Waals surface area (Å²) >= 11 is 0. The van der Waals surface area contributed by atoms with E-state index in [2.05, 4.69) is 19.1 Å². The number of aryl methyl sites for hydroxylation is 1. The van der Waals surface area contributed by atoms with Crippen molar-refractivity contribution >= 4 is 0 Å². The summed E-state index contributed by atoms with van der Waals surface area (Å²) in [7, 11) is 0. The topological polar surface area (TPSA) is 40.5 Å². The van der Waals surface area contributed by atoms with E-state index >= 15 is 0 Å². The molecule has 0 unspecified atom stereocenters. The number of phenolic OH excluding ortho intramolecular Hbond substituents is 2. The molecule has 0 radical (unpaired) electrons. The molecular weight excluding hydrogens is 224 g/mol. The van der Waals surface area contributed by atoms with Gasteiger partial charge in [0.25, 0.3) is 0 Å². The maximum absolute atomic E-state index is 9.58. The quantitative estimate of drug-likeness (QED) is 0.792. The molecule has 0 bridgehead atoms. The SMILES string of the molecule is CCCCc1ccccc1-c1ccc(O)c(O)c1. The van der Waals surface area contributed by atoms with E-state index in [1.165, 1.54) is 11.6 Å². The maximum atomic E-state index is 9.58. The summed E-state index contributed by atoms with van der Waals surface area (Å²) < 4.78 is 0. The molecule has 0 fully saturated rings. The molecule has 0 spiro atoms. The van der Waals surface area contributed by atoms with Gasteiger partial charge in [0, 0.05) is 0 Å². The standard InChI is InChI=1S/C16H18O2/c1-2-3-6-12-7-4-5-8-14(12)13-9-10-15(17)16(18)11-13/h4-5,7-11,17-18H,2-3,6H2,1H3. The van der Waals surface area contributed by atoms with Crippen molar-refractivity contribution in [3.05, 3.63) is 48.0 Å². The highest BCUT2D eigenvalue weighted by molar-refractivity contribution is 5.70. The summed E-state index contributed by atoms with van der Waals surface area (Å²) in [6, 6.07) is 13.2. The zero-order chi connectivity index (χ0) is 13.0. The van der Waals surface area contributed by atoms with Crippen molar-refractivity contribution in [2.24, 2.45) is 0 Å². The molecule has 0 aliphatic carbocycles. The second-order valence-electron chi connectivity index (χ2n) is 4.46. The van der Waals surface area contributed by atoms with Crippen molar-refractivity contribution in [3.63, 3.8) is 0 Å². The van der Waals surface area contributed by atoms with E-state index in [0.29, 0.717) is 0 Å². The summed E-state index contributed by atoms with van der Waals surface area (Å²) in [5.74, 6) is -0.150. The second kappa shape index (κ2) is 5.58. The molecule has 2 aromatic rings. The molecule has 0 aliphatic rings. The van der Waals surface area contributed by atoms with Gasteiger partial charge in [-0.1, -0.05) is 43.7 Å². The van der Waals surface area contributed by atoms with Gasteiger partial charge in [-0.05, 0) is 41.7 Å². The highest BCUT2D eigenvalue weighted by Crippen LogP contribution is 2.32. The van der Waals surface area contributed by atoms with E-state index in [0.717, 1.165) is 30.4 Å². The minimum atomic E-state index is -0.0789. The van der Waals surface area contributed by atoms with Crippen molar-refractivity contribution < 1.29 is 10.2 Å². The molecule has 18 heavy (non-hydrogen) atoms. The molecule has 2 N–H and O–H groups in total. The number of unbranched alkanes of at least 4 members (excludes halogenated alkanes) is 1. The van der Waals surface area contributed by atoms with Gasteiger partial charge in [-0.15, -0.1) is 0 Å². The molecule has 0 amide bonds. The summed E-state index contributed by atoms with van der Waals surface area (Å²) in [6.45, 7) is 2.18. The Hall–Kier alpha value is -1.96. The third kappa shape index (κ3) is 2.65. The van der Waals surface area contributed by atoms with Crippen molar-refractivity contribution in [2.75, 3.05) is 0 Å². The number of hydrogen-bond donors (Lipinski definition) is 2. The first-order valence-electron chi connectivity index (χ1n) is 6.32. The first-order chi connectivity index (χ1) is 8.72. The number of phenols is 2. The van der Waals surface area contributed by atoms with Crippen LogP contribution in [-0.4, -0.2) is 10.2 Å². The molecule has 0 aliphatic heterocycles. The zero-order valence-electron chi connectivity index (χ0n) is 10.6. The molecule has 94 valence electrons. The van der Waals surface area contributed by atoms with Gasteiger partial charge in [-0.3, -0.25) is 0 Å². The number of benzene rings is 2. The Balaban J connectivity index is 2.39. The molecule has 2 heteroatoms. The summed E-state index contributed by atoms with van der Waals surface area (Å²) in [4.78, 5) is 0. The summed E-state index contributed by atoms with van der Waals surface area (Å²) in [6.07, 6.45) is 3.35. The van der Waals surface area contributed by atoms with Crippen LogP contribution in [0.3, 0.4) is 0 Å². The molecular formula is C16H18O2. The van der Waals surface area contributed by atoms with Crippen LogP contribution in [0.4, 0.5) is 0 Å². The Morgan fingerprint density at radius 3 is 2.44 bits per heavy atom. The van der Waals surface area contributed by atoms with Gasteiger partial charge in [-0.25, -0.2) is 0 Å². The molecule has 0 aromatic heterocycles. The minimum Gasteiger partial charge on any atom is -0.504 e. The third-order valence-corrected chi connectivity index (χ3v) is 3.10. The number of hydrogen-bond acceptors (Lipinski definition) is 2. The monoisotopic (exact) mass is 242 g/mol. The lowest BCUT2D eigenvalue weighted by atomic mass is 9.96. The Bertz CT molecular complexity index is 532. The summed E-state index contributed by atoms with van der Waals surface area (Å²) in [5, 5.41) is 18.9. The largest absolute Gasteiger partial charge is 0.504 e. The van der Waals surface area contributed by atoms with Gasteiger partial charge in [0.1, 0.15) is 0 Å². The molecule has 0 saturated carbocycles. The van der Waals surface area contributed by atoms with Crippen molar-refractivity contribution in [1.82, 2.24) is 0 Å². The molecule has 0 saturated heterocycles. The maximum Gasteiger partial charge on any atom is 0.158 e. The lowest BCUT2D eigenvalue weighted by Crippen LogP contribution is -1.89. The average molecular weight is 242 g/mol. The number of rotatable bonds is 4. The van der Waals surface area contributed by atoms with Crippen LogP contribution in [0, 0.1) is 0 Å². The summed E-state index contributed by atoms with van der Waals surface area (Å²) in [5.41, 5.74) is 3.35.